The molecule has 0 atom stereocenters. The van der Waals surface area contributed by atoms with E-state index in [9.17, 15) is 4.79 Å². The molecule has 5 heteroatoms. The SMILES string of the molecule is CCCn1cc(C=O)c(-c2ccc(SC)cc2Cl)n1. The minimum Gasteiger partial charge on any atom is -0.298 e. The third kappa shape index (κ3) is 3.01. The van der Waals surface area contributed by atoms with Gasteiger partial charge in [0.1, 0.15) is 5.69 Å². The minimum atomic E-state index is 0.576. The summed E-state index contributed by atoms with van der Waals surface area (Å²) >= 11 is 7.91. The molecule has 0 N–H and O–H groups in total. The number of hydrogen-bond donors (Lipinski definition) is 0. The molecule has 0 unspecified atom stereocenters. The molecule has 0 bridgehead atoms. The van der Waals surface area contributed by atoms with Crippen molar-refractivity contribution >= 4 is 29.6 Å². The van der Waals surface area contributed by atoms with Gasteiger partial charge in [0.25, 0.3) is 0 Å². The number of benzene rings is 1. The number of aldehydes is 1. The van der Waals surface area contributed by atoms with Crippen molar-refractivity contribution in [2.24, 2.45) is 0 Å². The Morgan fingerprint density at radius 1 is 1.47 bits per heavy atom. The van der Waals surface area contributed by atoms with E-state index in [1.807, 2.05) is 24.5 Å². The second-order valence-corrected chi connectivity index (χ2v) is 5.45. The molecule has 0 saturated heterocycles. The Balaban J connectivity index is 2.48. The molecule has 3 nitrogen and oxygen atoms in total. The molecule has 1 heterocycles. The van der Waals surface area contributed by atoms with Crippen LogP contribution >= 0.6 is 23.4 Å². The fourth-order valence-corrected chi connectivity index (χ4v) is 2.67. The number of nitrogens with zero attached hydrogens (tertiary/aromatic N) is 2. The molecule has 1 aromatic carbocycles. The molecule has 0 fully saturated rings. The van der Waals surface area contributed by atoms with Crippen molar-refractivity contribution in [2.75, 3.05) is 6.26 Å². The standard InChI is InChI=1S/C14H15ClN2OS/c1-3-6-17-8-10(9-18)14(16-17)12-5-4-11(19-2)7-13(12)15/h4-5,7-9H,3,6H2,1-2H3. The molecule has 2 aromatic rings. The molecule has 0 aliphatic carbocycles. The summed E-state index contributed by atoms with van der Waals surface area (Å²) in [5.74, 6) is 0. The van der Waals surface area contributed by atoms with E-state index in [-0.39, 0.29) is 0 Å². The number of aryl methyl sites for hydroxylation is 1. The van der Waals surface area contributed by atoms with Crippen molar-refractivity contribution in [1.29, 1.82) is 0 Å². The monoisotopic (exact) mass is 294 g/mol. The van der Waals surface area contributed by atoms with Crippen molar-refractivity contribution in [3.63, 3.8) is 0 Å². The van der Waals surface area contributed by atoms with Crippen LogP contribution in [0.25, 0.3) is 11.3 Å². The zero-order chi connectivity index (χ0) is 13.8. The highest BCUT2D eigenvalue weighted by Gasteiger charge is 2.13. The number of rotatable bonds is 5. The molecular weight excluding hydrogens is 280 g/mol. The van der Waals surface area contributed by atoms with Gasteiger partial charge in [-0.05, 0) is 24.8 Å². The zero-order valence-electron chi connectivity index (χ0n) is 10.9. The van der Waals surface area contributed by atoms with Gasteiger partial charge in [0.05, 0.1) is 10.6 Å². The predicted octanol–water partition coefficient (Wildman–Crippen LogP) is 4.15. The van der Waals surface area contributed by atoms with E-state index < -0.39 is 0 Å². The van der Waals surface area contributed by atoms with E-state index in [0.29, 0.717) is 16.3 Å². The molecule has 0 radical (unpaired) electrons. The highest BCUT2D eigenvalue weighted by atomic mass is 35.5. The van der Waals surface area contributed by atoms with Gasteiger partial charge in [-0.2, -0.15) is 5.10 Å². The van der Waals surface area contributed by atoms with E-state index in [1.54, 1.807) is 22.6 Å². The molecule has 0 aliphatic rings. The highest BCUT2D eigenvalue weighted by Crippen LogP contribution is 2.31. The predicted molar refractivity (Wildman–Crippen MR) is 80.1 cm³/mol. The maximum Gasteiger partial charge on any atom is 0.153 e. The topological polar surface area (TPSA) is 34.9 Å². The summed E-state index contributed by atoms with van der Waals surface area (Å²) in [7, 11) is 0. The summed E-state index contributed by atoms with van der Waals surface area (Å²) in [5, 5.41) is 5.07. The summed E-state index contributed by atoms with van der Waals surface area (Å²) in [5.41, 5.74) is 2.03. The average Bonchev–Trinajstić information content (AvgIpc) is 2.81. The maximum atomic E-state index is 11.2. The maximum absolute atomic E-state index is 11.2. The van der Waals surface area contributed by atoms with Crippen molar-refractivity contribution in [1.82, 2.24) is 9.78 Å². The number of carbonyl (C=O) groups is 1. The lowest BCUT2D eigenvalue weighted by Gasteiger charge is -2.04. The molecule has 0 saturated carbocycles. The zero-order valence-corrected chi connectivity index (χ0v) is 12.5. The normalized spacial score (nSPS) is 10.7. The van der Waals surface area contributed by atoms with E-state index >= 15 is 0 Å². The number of halogens is 1. The molecule has 0 aliphatic heterocycles. The lowest BCUT2D eigenvalue weighted by atomic mass is 10.1. The van der Waals surface area contributed by atoms with Crippen LogP contribution < -0.4 is 0 Å². The van der Waals surface area contributed by atoms with E-state index in [0.717, 1.165) is 29.7 Å². The van der Waals surface area contributed by atoms with Gasteiger partial charge in [-0.3, -0.25) is 9.48 Å². The summed E-state index contributed by atoms with van der Waals surface area (Å²) in [6.07, 6.45) is 5.56. The van der Waals surface area contributed by atoms with Crippen LogP contribution in [0.1, 0.15) is 23.7 Å². The van der Waals surface area contributed by atoms with Crippen LogP contribution in [0.3, 0.4) is 0 Å². The van der Waals surface area contributed by atoms with Gasteiger partial charge in [-0.15, -0.1) is 11.8 Å². The van der Waals surface area contributed by atoms with Gasteiger partial charge >= 0.3 is 0 Å². The molecule has 0 spiro atoms. The largest absolute Gasteiger partial charge is 0.298 e. The van der Waals surface area contributed by atoms with Crippen LogP contribution in [0.4, 0.5) is 0 Å². The third-order valence-electron chi connectivity index (χ3n) is 2.80. The van der Waals surface area contributed by atoms with Crippen LogP contribution in [-0.2, 0) is 6.54 Å². The van der Waals surface area contributed by atoms with Crippen LogP contribution in [-0.4, -0.2) is 22.3 Å². The van der Waals surface area contributed by atoms with Crippen molar-refractivity contribution in [3.8, 4) is 11.3 Å². The molecule has 0 amide bonds. The van der Waals surface area contributed by atoms with Crippen molar-refractivity contribution < 1.29 is 4.79 Å². The Labute approximate surface area is 122 Å². The minimum absolute atomic E-state index is 0.576. The third-order valence-corrected chi connectivity index (χ3v) is 3.84. The molecule has 100 valence electrons. The Morgan fingerprint density at radius 3 is 2.84 bits per heavy atom. The molecule has 19 heavy (non-hydrogen) atoms. The smallest absolute Gasteiger partial charge is 0.153 e. The van der Waals surface area contributed by atoms with E-state index in [2.05, 4.69) is 12.0 Å². The second kappa shape index (κ2) is 6.26. The number of aromatic nitrogens is 2. The summed E-state index contributed by atoms with van der Waals surface area (Å²) < 4.78 is 1.79. The first-order valence-corrected chi connectivity index (χ1v) is 7.66. The van der Waals surface area contributed by atoms with Crippen LogP contribution in [0.2, 0.25) is 5.02 Å². The summed E-state index contributed by atoms with van der Waals surface area (Å²) in [4.78, 5) is 12.2. The summed E-state index contributed by atoms with van der Waals surface area (Å²) in [6.45, 7) is 2.86. The second-order valence-electron chi connectivity index (χ2n) is 4.16. The van der Waals surface area contributed by atoms with Gasteiger partial charge in [-0.25, -0.2) is 0 Å². The Bertz CT molecular complexity index is 595. The van der Waals surface area contributed by atoms with Crippen molar-refractivity contribution in [2.45, 2.75) is 24.8 Å². The van der Waals surface area contributed by atoms with Crippen molar-refractivity contribution in [3.05, 3.63) is 35.0 Å². The first kappa shape index (κ1) is 14.2. The average molecular weight is 295 g/mol. The van der Waals surface area contributed by atoms with Gasteiger partial charge in [0.2, 0.25) is 0 Å². The van der Waals surface area contributed by atoms with E-state index in [4.69, 9.17) is 11.6 Å². The van der Waals surface area contributed by atoms with Crippen LogP contribution in [0.15, 0.2) is 29.3 Å². The Morgan fingerprint density at radius 2 is 2.26 bits per heavy atom. The highest BCUT2D eigenvalue weighted by molar-refractivity contribution is 7.98. The molecular formula is C14H15ClN2OS. The van der Waals surface area contributed by atoms with E-state index in [1.165, 1.54) is 0 Å². The number of carbonyl (C=O) groups excluding carboxylic acids is 1. The lowest BCUT2D eigenvalue weighted by Crippen LogP contribution is -1.96. The van der Waals surface area contributed by atoms with Crippen LogP contribution in [0, 0.1) is 0 Å². The fraction of sp³-hybridized carbons (Fsp3) is 0.286. The Hall–Kier alpha value is -1.26. The lowest BCUT2D eigenvalue weighted by molar-refractivity contribution is 0.112. The summed E-state index contributed by atoms with van der Waals surface area (Å²) in [6, 6.07) is 5.80. The first-order valence-electron chi connectivity index (χ1n) is 6.06. The van der Waals surface area contributed by atoms with Gasteiger partial charge in [-0.1, -0.05) is 24.6 Å². The van der Waals surface area contributed by atoms with Gasteiger partial charge in [0.15, 0.2) is 6.29 Å². The molecule has 2 rings (SSSR count). The Kier molecular flexibility index (Phi) is 4.66. The van der Waals surface area contributed by atoms with Gasteiger partial charge in [0, 0.05) is 23.2 Å². The first-order chi connectivity index (χ1) is 9.19. The van der Waals surface area contributed by atoms with Crippen LogP contribution in [0.5, 0.6) is 0 Å². The number of thioether (sulfide) groups is 1. The number of hydrogen-bond acceptors (Lipinski definition) is 3. The van der Waals surface area contributed by atoms with Gasteiger partial charge < -0.3 is 0 Å². The fourth-order valence-electron chi connectivity index (χ4n) is 1.89. The molecule has 1 aromatic heterocycles. The quantitative estimate of drug-likeness (QED) is 0.614.